The van der Waals surface area contributed by atoms with Crippen LogP contribution in [0.3, 0.4) is 0 Å². The second-order valence-corrected chi connectivity index (χ2v) is 18.4. The molecule has 0 nitrogen and oxygen atoms in total. The van der Waals surface area contributed by atoms with Crippen molar-refractivity contribution in [2.75, 3.05) is 0 Å². The Balaban J connectivity index is 1.30. The lowest BCUT2D eigenvalue weighted by Crippen LogP contribution is -2.47. The maximum absolute atomic E-state index is 2.61. The summed E-state index contributed by atoms with van der Waals surface area (Å²) in [7, 11) is -1.33. The third kappa shape index (κ3) is 2.75. The smallest absolute Gasteiger partial charge is 0.0610 e. The minimum Gasteiger partial charge on any atom is -0.0662 e. The van der Waals surface area contributed by atoms with Crippen LogP contribution in [0, 0.1) is 23.7 Å². The molecule has 1 saturated heterocycles. The summed E-state index contributed by atoms with van der Waals surface area (Å²) in [6.07, 6.45) is 17.8. The molecule has 178 valence electrons. The summed E-state index contributed by atoms with van der Waals surface area (Å²) in [6.45, 7) is 10.4. The fourth-order valence-electron chi connectivity index (χ4n) is 11.6. The summed E-state index contributed by atoms with van der Waals surface area (Å²) in [6, 6.07) is 3.37. The van der Waals surface area contributed by atoms with Crippen LogP contribution in [0.4, 0.5) is 0 Å². The molecule has 1 heterocycles. The summed E-state index contributed by atoms with van der Waals surface area (Å²) < 4.78 is 0. The Hall–Kier alpha value is -0.823. The molecular weight excluding hydrogens is 412 g/mol. The minimum absolute atomic E-state index is 0.919. The Morgan fingerprint density at radius 3 is 1.30 bits per heavy atom. The van der Waals surface area contributed by atoms with E-state index < -0.39 is 8.07 Å². The lowest BCUT2D eigenvalue weighted by molar-refractivity contribution is 0.456. The van der Waals surface area contributed by atoms with E-state index in [0.717, 1.165) is 34.8 Å². The van der Waals surface area contributed by atoms with Crippen LogP contribution >= 0.6 is 0 Å². The zero-order chi connectivity index (χ0) is 22.5. The molecule has 0 aromatic carbocycles. The van der Waals surface area contributed by atoms with Gasteiger partial charge in [0.25, 0.3) is 0 Å². The topological polar surface area (TPSA) is 0 Å². The lowest BCUT2D eigenvalue weighted by atomic mass is 9.74. The van der Waals surface area contributed by atoms with Crippen molar-refractivity contribution in [1.29, 1.82) is 0 Å². The van der Waals surface area contributed by atoms with E-state index in [0.29, 0.717) is 0 Å². The van der Waals surface area contributed by atoms with Gasteiger partial charge >= 0.3 is 0 Å². The number of hydrogen-bond acceptors (Lipinski definition) is 0. The van der Waals surface area contributed by atoms with Gasteiger partial charge in [0.05, 0.1) is 8.07 Å². The molecule has 6 atom stereocenters. The number of hydrogen-bond donors (Lipinski definition) is 0. The zero-order valence-corrected chi connectivity index (χ0v) is 22.9. The first-order valence-corrected chi connectivity index (χ1v) is 17.4. The molecule has 33 heavy (non-hydrogen) atoms. The highest BCUT2D eigenvalue weighted by Crippen LogP contribution is 2.68. The van der Waals surface area contributed by atoms with Gasteiger partial charge in [0.15, 0.2) is 0 Å². The first-order chi connectivity index (χ1) is 16.0. The van der Waals surface area contributed by atoms with Gasteiger partial charge in [0.1, 0.15) is 0 Å². The van der Waals surface area contributed by atoms with Crippen LogP contribution in [-0.4, -0.2) is 8.07 Å². The first-order valence-electron chi connectivity index (χ1n) is 14.8. The van der Waals surface area contributed by atoms with Crippen molar-refractivity contribution in [1.82, 2.24) is 0 Å². The molecule has 0 aromatic heterocycles. The van der Waals surface area contributed by atoms with Gasteiger partial charge in [-0.3, -0.25) is 0 Å². The monoisotopic (exact) mass is 458 g/mol. The van der Waals surface area contributed by atoms with E-state index in [-0.39, 0.29) is 0 Å². The molecule has 0 bridgehead atoms. The average Bonchev–Trinajstić information content (AvgIpc) is 3.64. The zero-order valence-electron chi connectivity index (χ0n) is 21.9. The maximum atomic E-state index is 2.61. The van der Waals surface area contributed by atoms with Crippen molar-refractivity contribution in [3.05, 3.63) is 44.6 Å². The van der Waals surface area contributed by atoms with Gasteiger partial charge in [0, 0.05) is 0 Å². The van der Waals surface area contributed by atoms with Crippen LogP contribution in [-0.2, 0) is 0 Å². The van der Waals surface area contributed by atoms with Gasteiger partial charge in [-0.25, -0.2) is 0 Å². The molecule has 6 aliphatic carbocycles. The summed E-state index contributed by atoms with van der Waals surface area (Å²) in [5, 5.41) is 0. The van der Waals surface area contributed by atoms with Crippen LogP contribution in [0.15, 0.2) is 44.6 Å². The Bertz CT molecular complexity index is 933. The van der Waals surface area contributed by atoms with Crippen molar-refractivity contribution in [3.63, 3.8) is 0 Å². The molecule has 6 unspecified atom stereocenters. The van der Waals surface area contributed by atoms with Crippen molar-refractivity contribution < 1.29 is 0 Å². The molecule has 0 radical (unpaired) electrons. The largest absolute Gasteiger partial charge is 0.0662 e. The normalized spacial score (nSPS) is 41.8. The first kappa shape index (κ1) is 21.5. The highest BCUT2D eigenvalue weighted by molar-refractivity contribution is 6.83. The molecule has 0 aromatic rings. The van der Waals surface area contributed by atoms with Gasteiger partial charge in [-0.15, -0.1) is 0 Å². The maximum Gasteiger partial charge on any atom is 0.0610 e. The standard InChI is InChI=1S/C32H46Si/c1-19-23-9-7-11-25(23)21(3)31-27(19)13-15-29(31)33(17-5-6-18-33)30-16-14-28-20(2)24-10-8-12-26(24)22(4)32(28)30/h27-32H,5-18H2,1-4H3. The van der Waals surface area contributed by atoms with Crippen molar-refractivity contribution in [2.24, 2.45) is 23.7 Å². The van der Waals surface area contributed by atoms with E-state index in [4.69, 9.17) is 0 Å². The van der Waals surface area contributed by atoms with E-state index in [1.165, 1.54) is 51.4 Å². The van der Waals surface area contributed by atoms with E-state index >= 15 is 0 Å². The molecule has 0 N–H and O–H groups in total. The molecule has 4 saturated carbocycles. The van der Waals surface area contributed by atoms with Crippen molar-refractivity contribution in [2.45, 2.75) is 128 Å². The minimum atomic E-state index is -1.33. The average molecular weight is 459 g/mol. The summed E-state index contributed by atoms with van der Waals surface area (Å²) >= 11 is 0. The SMILES string of the molecule is CC1=C2CCCC2=C(C)C2C1CCC2[Si]1(C2CCC3C(C)=C4CCCC4=C(C)C32)CCCC1. The fourth-order valence-corrected chi connectivity index (χ4v) is 19.6. The third-order valence-corrected chi connectivity index (χ3v) is 19.6. The predicted molar refractivity (Wildman–Crippen MR) is 143 cm³/mol. The van der Waals surface area contributed by atoms with E-state index in [1.54, 1.807) is 37.8 Å². The molecular formula is C32H46Si. The highest BCUT2D eigenvalue weighted by atomic mass is 28.3. The molecule has 1 aliphatic heterocycles. The highest BCUT2D eigenvalue weighted by Gasteiger charge is 2.60. The molecule has 7 rings (SSSR count). The van der Waals surface area contributed by atoms with Gasteiger partial charge in [-0.2, -0.15) is 0 Å². The number of rotatable bonds is 2. The quantitative estimate of drug-likeness (QED) is 0.361. The number of allylic oxidation sites excluding steroid dienone is 8. The molecule has 5 fully saturated rings. The van der Waals surface area contributed by atoms with Gasteiger partial charge < -0.3 is 0 Å². The second-order valence-electron chi connectivity index (χ2n) is 13.4. The van der Waals surface area contributed by atoms with Crippen LogP contribution in [0.5, 0.6) is 0 Å². The Kier molecular flexibility index (Phi) is 4.93. The Morgan fingerprint density at radius 2 is 0.879 bits per heavy atom. The van der Waals surface area contributed by atoms with Crippen LogP contribution in [0.2, 0.25) is 23.2 Å². The van der Waals surface area contributed by atoms with Gasteiger partial charge in [-0.05, 0) is 136 Å². The summed E-state index contributed by atoms with van der Waals surface area (Å²) in [4.78, 5) is 0. The predicted octanol–water partition coefficient (Wildman–Crippen LogP) is 9.68. The van der Waals surface area contributed by atoms with E-state index in [9.17, 15) is 0 Å². The van der Waals surface area contributed by atoms with Crippen molar-refractivity contribution in [3.8, 4) is 0 Å². The molecule has 0 amide bonds. The summed E-state index contributed by atoms with van der Waals surface area (Å²) in [5.41, 5.74) is 17.1. The molecule has 1 heteroatoms. The third-order valence-electron chi connectivity index (χ3n) is 12.8. The van der Waals surface area contributed by atoms with E-state index in [2.05, 4.69) is 27.7 Å². The Labute approximate surface area is 204 Å². The Morgan fingerprint density at radius 1 is 0.485 bits per heavy atom. The van der Waals surface area contributed by atoms with Crippen LogP contribution in [0.1, 0.15) is 105 Å². The molecule has 0 spiro atoms. The van der Waals surface area contributed by atoms with Crippen LogP contribution < -0.4 is 0 Å². The van der Waals surface area contributed by atoms with Crippen LogP contribution in [0.25, 0.3) is 0 Å². The fraction of sp³-hybridized carbons (Fsp3) is 0.750. The van der Waals surface area contributed by atoms with E-state index in [1.807, 2.05) is 44.6 Å². The molecule has 7 aliphatic rings. The summed E-state index contributed by atoms with van der Waals surface area (Å²) in [5.74, 6) is 3.73. The van der Waals surface area contributed by atoms with Crippen molar-refractivity contribution >= 4 is 8.07 Å². The lowest BCUT2D eigenvalue weighted by Gasteiger charge is -2.48. The number of fused-ring (bicyclic) bond motifs is 4. The van der Waals surface area contributed by atoms with Gasteiger partial charge in [0.2, 0.25) is 0 Å². The second kappa shape index (κ2) is 7.59. The van der Waals surface area contributed by atoms with Gasteiger partial charge in [-0.1, -0.05) is 60.1 Å².